The van der Waals surface area contributed by atoms with Crippen molar-refractivity contribution in [3.8, 4) is 5.75 Å². The smallest absolute Gasteiger partial charge is 0.311 e. The van der Waals surface area contributed by atoms with Crippen molar-refractivity contribution >= 4 is 11.9 Å². The number of rotatable bonds is 4. The number of carbonyl (C=O) groups is 2. The topological polar surface area (TPSA) is 86.6 Å². The van der Waals surface area contributed by atoms with Crippen LogP contribution in [0.1, 0.15) is 41.6 Å². The van der Waals surface area contributed by atoms with E-state index in [-0.39, 0.29) is 17.9 Å². The molecule has 108 valence electrons. The molecule has 1 aliphatic rings. The lowest BCUT2D eigenvalue weighted by Crippen LogP contribution is -2.41. The first kappa shape index (κ1) is 14.4. The standard InChI is InChI=1S/C15H19NO4/c1-10-4-5-11(12(17)8-10)13(18)16-9-15(14(19)20)6-2-3-7-15/h4-5,8,17H,2-3,6-7,9H2,1H3,(H,16,18)(H,19,20). The third-order valence-corrected chi connectivity index (χ3v) is 4.00. The van der Waals surface area contributed by atoms with Gasteiger partial charge in [-0.2, -0.15) is 0 Å². The van der Waals surface area contributed by atoms with E-state index in [0.29, 0.717) is 12.8 Å². The van der Waals surface area contributed by atoms with Gasteiger partial charge in [-0.15, -0.1) is 0 Å². The summed E-state index contributed by atoms with van der Waals surface area (Å²) in [5.41, 5.74) is 0.182. The molecule has 5 heteroatoms. The predicted molar refractivity (Wildman–Crippen MR) is 73.7 cm³/mol. The molecule has 0 unspecified atom stereocenters. The summed E-state index contributed by atoms with van der Waals surface area (Å²) in [6, 6.07) is 4.79. The number of nitrogens with one attached hydrogen (secondary N) is 1. The van der Waals surface area contributed by atoms with Gasteiger partial charge in [-0.3, -0.25) is 9.59 Å². The van der Waals surface area contributed by atoms with Crippen molar-refractivity contribution in [1.29, 1.82) is 0 Å². The second-order valence-electron chi connectivity index (χ2n) is 5.50. The highest BCUT2D eigenvalue weighted by Crippen LogP contribution is 2.37. The zero-order chi connectivity index (χ0) is 14.8. The summed E-state index contributed by atoms with van der Waals surface area (Å²) in [4.78, 5) is 23.4. The molecule has 0 spiro atoms. The molecule has 0 atom stereocenters. The Kier molecular flexibility index (Phi) is 3.97. The molecule has 0 aliphatic heterocycles. The number of phenols is 1. The number of carbonyl (C=O) groups excluding carboxylic acids is 1. The van der Waals surface area contributed by atoms with Gasteiger partial charge in [-0.1, -0.05) is 18.9 Å². The molecule has 0 radical (unpaired) electrons. The number of aryl methyl sites for hydroxylation is 1. The van der Waals surface area contributed by atoms with Gasteiger partial charge in [0, 0.05) is 6.54 Å². The predicted octanol–water partition coefficient (Wildman–Crippen LogP) is 2.08. The number of hydrogen-bond donors (Lipinski definition) is 3. The average Bonchev–Trinajstić information content (AvgIpc) is 2.86. The molecule has 1 fully saturated rings. The molecular weight excluding hydrogens is 258 g/mol. The number of carboxylic acids is 1. The summed E-state index contributed by atoms with van der Waals surface area (Å²) in [6.07, 6.45) is 2.92. The Labute approximate surface area is 117 Å². The average molecular weight is 277 g/mol. The van der Waals surface area contributed by atoms with E-state index in [0.717, 1.165) is 18.4 Å². The molecule has 2 rings (SSSR count). The van der Waals surface area contributed by atoms with Crippen molar-refractivity contribution in [3.05, 3.63) is 29.3 Å². The van der Waals surface area contributed by atoms with E-state index in [1.165, 1.54) is 6.07 Å². The summed E-state index contributed by atoms with van der Waals surface area (Å²) in [6.45, 7) is 1.92. The first-order valence-corrected chi connectivity index (χ1v) is 6.76. The van der Waals surface area contributed by atoms with Crippen LogP contribution in [0.15, 0.2) is 18.2 Å². The van der Waals surface area contributed by atoms with Crippen LogP contribution in [0.4, 0.5) is 0 Å². The lowest BCUT2D eigenvalue weighted by molar-refractivity contribution is -0.148. The molecule has 20 heavy (non-hydrogen) atoms. The van der Waals surface area contributed by atoms with Gasteiger partial charge < -0.3 is 15.5 Å². The molecule has 1 aromatic carbocycles. The second kappa shape index (κ2) is 5.53. The number of aliphatic carboxylic acids is 1. The first-order valence-electron chi connectivity index (χ1n) is 6.76. The van der Waals surface area contributed by atoms with E-state index in [2.05, 4.69) is 5.32 Å². The van der Waals surface area contributed by atoms with Crippen LogP contribution in [0.2, 0.25) is 0 Å². The molecule has 1 aliphatic carbocycles. The Morgan fingerprint density at radius 1 is 1.30 bits per heavy atom. The fraction of sp³-hybridized carbons (Fsp3) is 0.467. The van der Waals surface area contributed by atoms with Crippen molar-refractivity contribution < 1.29 is 19.8 Å². The molecule has 1 amide bonds. The minimum atomic E-state index is -0.858. The molecule has 1 saturated carbocycles. The third kappa shape index (κ3) is 2.76. The van der Waals surface area contributed by atoms with Crippen molar-refractivity contribution in [2.24, 2.45) is 5.41 Å². The number of hydrogen-bond acceptors (Lipinski definition) is 3. The van der Waals surface area contributed by atoms with Gasteiger partial charge in [0.1, 0.15) is 5.75 Å². The van der Waals surface area contributed by atoms with Crippen molar-refractivity contribution in [2.75, 3.05) is 6.54 Å². The van der Waals surface area contributed by atoms with E-state index >= 15 is 0 Å². The van der Waals surface area contributed by atoms with Gasteiger partial charge >= 0.3 is 5.97 Å². The molecule has 0 heterocycles. The number of amides is 1. The van der Waals surface area contributed by atoms with Crippen molar-refractivity contribution in [3.63, 3.8) is 0 Å². The van der Waals surface area contributed by atoms with E-state index in [1.54, 1.807) is 12.1 Å². The van der Waals surface area contributed by atoms with E-state index in [4.69, 9.17) is 0 Å². The Morgan fingerprint density at radius 2 is 1.95 bits per heavy atom. The normalized spacial score (nSPS) is 16.9. The van der Waals surface area contributed by atoms with E-state index in [9.17, 15) is 19.8 Å². The molecule has 1 aromatic rings. The van der Waals surface area contributed by atoms with Crippen LogP contribution in [-0.2, 0) is 4.79 Å². The highest BCUT2D eigenvalue weighted by molar-refractivity contribution is 5.97. The van der Waals surface area contributed by atoms with Crippen LogP contribution in [0, 0.1) is 12.3 Å². The molecular formula is C15H19NO4. The number of benzene rings is 1. The van der Waals surface area contributed by atoms with Crippen LogP contribution >= 0.6 is 0 Å². The van der Waals surface area contributed by atoms with Gasteiger partial charge in [0.2, 0.25) is 0 Å². The lowest BCUT2D eigenvalue weighted by atomic mass is 9.86. The van der Waals surface area contributed by atoms with Gasteiger partial charge in [-0.25, -0.2) is 0 Å². The molecule has 0 aromatic heterocycles. The zero-order valence-corrected chi connectivity index (χ0v) is 11.5. The summed E-state index contributed by atoms with van der Waals surface area (Å²) in [5, 5.41) is 21.7. The number of aromatic hydroxyl groups is 1. The minimum absolute atomic E-state index is 0.0849. The van der Waals surface area contributed by atoms with E-state index < -0.39 is 17.3 Å². The largest absolute Gasteiger partial charge is 0.507 e. The summed E-state index contributed by atoms with van der Waals surface area (Å²) in [5.74, 6) is -1.38. The highest BCUT2D eigenvalue weighted by Gasteiger charge is 2.41. The second-order valence-corrected chi connectivity index (χ2v) is 5.50. The molecule has 3 N–H and O–H groups in total. The van der Waals surface area contributed by atoms with Crippen LogP contribution in [0.25, 0.3) is 0 Å². The van der Waals surface area contributed by atoms with Crippen LogP contribution in [-0.4, -0.2) is 28.6 Å². The minimum Gasteiger partial charge on any atom is -0.507 e. The van der Waals surface area contributed by atoms with Gasteiger partial charge in [0.15, 0.2) is 0 Å². The molecule has 0 bridgehead atoms. The fourth-order valence-corrected chi connectivity index (χ4v) is 2.70. The Hall–Kier alpha value is -2.04. The number of carboxylic acid groups (broad SMARTS) is 1. The molecule has 0 saturated heterocycles. The monoisotopic (exact) mass is 277 g/mol. The summed E-state index contributed by atoms with van der Waals surface area (Å²) in [7, 11) is 0. The van der Waals surface area contributed by atoms with Crippen LogP contribution < -0.4 is 5.32 Å². The fourth-order valence-electron chi connectivity index (χ4n) is 2.70. The third-order valence-electron chi connectivity index (χ3n) is 4.00. The first-order chi connectivity index (χ1) is 9.44. The van der Waals surface area contributed by atoms with Crippen LogP contribution in [0.3, 0.4) is 0 Å². The Balaban J connectivity index is 2.06. The van der Waals surface area contributed by atoms with Crippen molar-refractivity contribution in [2.45, 2.75) is 32.6 Å². The highest BCUT2D eigenvalue weighted by atomic mass is 16.4. The summed E-state index contributed by atoms with van der Waals surface area (Å²) < 4.78 is 0. The van der Waals surface area contributed by atoms with E-state index in [1.807, 2.05) is 6.92 Å². The quantitative estimate of drug-likeness (QED) is 0.786. The maximum atomic E-state index is 12.0. The Morgan fingerprint density at radius 3 is 2.50 bits per heavy atom. The maximum Gasteiger partial charge on any atom is 0.311 e. The Bertz CT molecular complexity index is 533. The van der Waals surface area contributed by atoms with Crippen molar-refractivity contribution in [1.82, 2.24) is 5.32 Å². The van der Waals surface area contributed by atoms with Gasteiger partial charge in [0.25, 0.3) is 5.91 Å². The SMILES string of the molecule is Cc1ccc(C(=O)NCC2(C(=O)O)CCCC2)c(O)c1. The molecule has 5 nitrogen and oxygen atoms in total. The number of phenolic OH excluding ortho intramolecular Hbond substituents is 1. The maximum absolute atomic E-state index is 12.0. The lowest BCUT2D eigenvalue weighted by Gasteiger charge is -2.24. The van der Waals surface area contributed by atoms with Gasteiger partial charge in [0.05, 0.1) is 11.0 Å². The zero-order valence-electron chi connectivity index (χ0n) is 11.5. The van der Waals surface area contributed by atoms with Crippen LogP contribution in [0.5, 0.6) is 5.75 Å². The summed E-state index contributed by atoms with van der Waals surface area (Å²) >= 11 is 0. The van der Waals surface area contributed by atoms with Gasteiger partial charge in [-0.05, 0) is 37.5 Å².